The summed E-state index contributed by atoms with van der Waals surface area (Å²) in [5, 5.41) is 5.67. The van der Waals surface area contributed by atoms with Crippen LogP contribution in [0.15, 0.2) is 0 Å². The van der Waals surface area contributed by atoms with Crippen molar-refractivity contribution in [2.45, 2.75) is 76.0 Å². The molecule has 3 fully saturated rings. The number of nitrogens with one attached hydrogen (secondary N) is 2. The molecule has 2 N–H and O–H groups in total. The van der Waals surface area contributed by atoms with Gasteiger partial charge in [-0.05, 0) is 25.7 Å². The number of fused-ring (bicyclic) bond motifs is 2. The highest BCUT2D eigenvalue weighted by atomic mass is 19.3. The van der Waals surface area contributed by atoms with Gasteiger partial charge in [0.25, 0.3) is 0 Å². The average molecular weight is 316 g/mol. The predicted molar refractivity (Wildman–Crippen MR) is 74.5 cm³/mol. The maximum Gasteiger partial charge on any atom is 0.407 e. The second kappa shape index (κ2) is 5.35. The molecule has 7 heteroatoms. The molecule has 0 radical (unpaired) electrons. The summed E-state index contributed by atoms with van der Waals surface area (Å²) >= 11 is 0. The highest BCUT2D eigenvalue weighted by Gasteiger charge is 2.49. The van der Waals surface area contributed by atoms with Crippen molar-refractivity contribution in [3.8, 4) is 0 Å². The van der Waals surface area contributed by atoms with E-state index >= 15 is 0 Å². The number of alkyl halides is 2. The second-order valence-electron chi connectivity index (χ2n) is 6.83. The largest absolute Gasteiger partial charge is 0.444 e. The van der Waals surface area contributed by atoms with Crippen LogP contribution in [0.5, 0.6) is 0 Å². The minimum atomic E-state index is -2.65. The first kappa shape index (κ1) is 15.5. The third kappa shape index (κ3) is 2.77. The number of hydrogen-bond acceptors (Lipinski definition) is 3. The lowest BCUT2D eigenvalue weighted by molar-refractivity contribution is -0.140. The minimum Gasteiger partial charge on any atom is -0.444 e. The fourth-order valence-electron chi connectivity index (χ4n) is 3.89. The quantitative estimate of drug-likeness (QED) is 0.840. The van der Waals surface area contributed by atoms with Gasteiger partial charge in [-0.15, -0.1) is 0 Å². The Labute approximate surface area is 128 Å². The van der Waals surface area contributed by atoms with Gasteiger partial charge in [0.2, 0.25) is 11.8 Å². The molecule has 2 bridgehead atoms. The molecule has 2 amide bonds. The molecule has 1 saturated heterocycles. The van der Waals surface area contributed by atoms with Crippen LogP contribution in [-0.2, 0) is 9.53 Å². The molecule has 22 heavy (non-hydrogen) atoms. The van der Waals surface area contributed by atoms with E-state index < -0.39 is 17.4 Å². The molecule has 1 aliphatic heterocycles. The average Bonchev–Trinajstić information content (AvgIpc) is 2.74. The van der Waals surface area contributed by atoms with Crippen LogP contribution in [0.2, 0.25) is 0 Å². The molecular weight excluding hydrogens is 294 g/mol. The Morgan fingerprint density at radius 2 is 2.00 bits per heavy atom. The van der Waals surface area contributed by atoms with Crippen molar-refractivity contribution in [3.05, 3.63) is 0 Å². The van der Waals surface area contributed by atoms with Crippen LogP contribution in [0.1, 0.15) is 51.9 Å². The van der Waals surface area contributed by atoms with Crippen molar-refractivity contribution < 1.29 is 23.1 Å². The van der Waals surface area contributed by atoms with Crippen LogP contribution < -0.4 is 10.6 Å². The first-order valence-electron chi connectivity index (χ1n) is 7.99. The van der Waals surface area contributed by atoms with Crippen LogP contribution in [-0.4, -0.2) is 36.1 Å². The van der Waals surface area contributed by atoms with E-state index in [0.29, 0.717) is 19.3 Å². The molecular formula is C15H22F2N2O3. The summed E-state index contributed by atoms with van der Waals surface area (Å²) in [7, 11) is 0. The van der Waals surface area contributed by atoms with Gasteiger partial charge in [-0.3, -0.25) is 4.79 Å². The molecule has 2 aliphatic carbocycles. The van der Waals surface area contributed by atoms with E-state index in [1.807, 2.05) is 6.92 Å². The topological polar surface area (TPSA) is 67.4 Å². The molecule has 0 unspecified atom stereocenters. The molecule has 2 saturated carbocycles. The Balaban J connectivity index is 1.65. The Bertz CT molecular complexity index is 473. The number of amides is 2. The van der Waals surface area contributed by atoms with E-state index in [1.54, 1.807) is 0 Å². The monoisotopic (exact) mass is 316 g/mol. The normalized spacial score (nSPS) is 35.4. The lowest BCUT2D eigenvalue weighted by Gasteiger charge is -2.39. The summed E-state index contributed by atoms with van der Waals surface area (Å²) in [6, 6.07) is -0.188. The summed E-state index contributed by atoms with van der Waals surface area (Å²) in [6.45, 7) is 1.87. The molecule has 1 heterocycles. The van der Waals surface area contributed by atoms with Gasteiger partial charge in [-0.2, -0.15) is 0 Å². The van der Waals surface area contributed by atoms with Gasteiger partial charge < -0.3 is 15.4 Å². The van der Waals surface area contributed by atoms with Gasteiger partial charge in [0, 0.05) is 30.7 Å². The maximum absolute atomic E-state index is 13.4. The van der Waals surface area contributed by atoms with Gasteiger partial charge in [0.1, 0.15) is 6.10 Å². The standard InChI is InChI=1S/C15H22F2N2O3/c1-2-14(3-5-15(16,17)6-4-14)12(20)19-10-7-9-8-11(10)22-13(21)18-9/h9-11H,2-8H2,1H3,(H,18,21)(H,19,20)/t9-,10-,11-/m1/s1. The van der Waals surface area contributed by atoms with Gasteiger partial charge in [0.05, 0.1) is 6.04 Å². The van der Waals surface area contributed by atoms with E-state index in [1.165, 1.54) is 0 Å². The number of ether oxygens (including phenoxy) is 1. The van der Waals surface area contributed by atoms with Crippen molar-refractivity contribution >= 4 is 12.0 Å². The fourth-order valence-corrected chi connectivity index (χ4v) is 3.89. The molecule has 5 nitrogen and oxygen atoms in total. The fraction of sp³-hybridized carbons (Fsp3) is 0.867. The smallest absolute Gasteiger partial charge is 0.407 e. The number of carbonyl (C=O) groups excluding carboxylic acids is 2. The lowest BCUT2D eigenvalue weighted by atomic mass is 9.70. The Hall–Kier alpha value is -1.40. The van der Waals surface area contributed by atoms with E-state index in [2.05, 4.69) is 10.6 Å². The van der Waals surface area contributed by atoms with Crippen molar-refractivity contribution in [2.75, 3.05) is 0 Å². The van der Waals surface area contributed by atoms with E-state index in [0.717, 1.165) is 0 Å². The van der Waals surface area contributed by atoms with E-state index in [-0.39, 0.29) is 49.8 Å². The molecule has 0 aromatic carbocycles. The zero-order valence-electron chi connectivity index (χ0n) is 12.7. The minimum absolute atomic E-state index is 0.0322. The SMILES string of the molecule is CCC1(C(=O)N[C@@H]2C[C@@H]3C[C@H]2OC(=O)N3)CCC(F)(F)CC1. The van der Waals surface area contributed by atoms with Crippen molar-refractivity contribution in [2.24, 2.45) is 5.41 Å². The van der Waals surface area contributed by atoms with E-state index in [9.17, 15) is 18.4 Å². The lowest BCUT2D eigenvalue weighted by Crippen LogP contribution is -2.51. The van der Waals surface area contributed by atoms with Gasteiger partial charge in [0.15, 0.2) is 0 Å². The van der Waals surface area contributed by atoms with Crippen LogP contribution in [0.25, 0.3) is 0 Å². The van der Waals surface area contributed by atoms with Crippen LogP contribution in [0.3, 0.4) is 0 Å². The molecule has 3 aliphatic rings. The summed E-state index contributed by atoms with van der Waals surface area (Å²) in [6.07, 6.45) is 1.08. The number of rotatable bonds is 3. The van der Waals surface area contributed by atoms with E-state index in [4.69, 9.17) is 4.74 Å². The van der Waals surface area contributed by atoms with Crippen LogP contribution in [0.4, 0.5) is 13.6 Å². The summed E-state index contributed by atoms with van der Waals surface area (Å²) in [4.78, 5) is 24.0. The van der Waals surface area contributed by atoms with Gasteiger partial charge in [-0.25, -0.2) is 13.6 Å². The van der Waals surface area contributed by atoms with Gasteiger partial charge >= 0.3 is 6.09 Å². The van der Waals surface area contributed by atoms with Crippen molar-refractivity contribution in [3.63, 3.8) is 0 Å². The first-order chi connectivity index (χ1) is 10.3. The van der Waals surface area contributed by atoms with Crippen molar-refractivity contribution in [1.82, 2.24) is 10.6 Å². The molecule has 3 atom stereocenters. The third-order valence-corrected chi connectivity index (χ3v) is 5.50. The predicted octanol–water partition coefficient (Wildman–Crippen LogP) is 2.35. The maximum atomic E-state index is 13.4. The highest BCUT2D eigenvalue weighted by molar-refractivity contribution is 5.83. The van der Waals surface area contributed by atoms with Crippen LogP contribution in [0, 0.1) is 5.41 Å². The number of halogens is 2. The highest BCUT2D eigenvalue weighted by Crippen LogP contribution is 2.46. The zero-order chi connectivity index (χ0) is 16.0. The second-order valence-corrected chi connectivity index (χ2v) is 6.83. The summed E-state index contributed by atoms with van der Waals surface area (Å²) in [5.74, 6) is -2.82. The van der Waals surface area contributed by atoms with Crippen LogP contribution >= 0.6 is 0 Å². The third-order valence-electron chi connectivity index (χ3n) is 5.50. The van der Waals surface area contributed by atoms with Crippen molar-refractivity contribution in [1.29, 1.82) is 0 Å². The molecule has 0 aromatic rings. The number of carbonyl (C=O) groups is 2. The zero-order valence-corrected chi connectivity index (χ0v) is 12.7. The number of alkyl carbamates (subject to hydrolysis) is 1. The Kier molecular flexibility index (Phi) is 3.77. The molecule has 124 valence electrons. The van der Waals surface area contributed by atoms with Gasteiger partial charge in [-0.1, -0.05) is 6.92 Å². The first-order valence-corrected chi connectivity index (χ1v) is 7.99. The number of hydrogen-bond donors (Lipinski definition) is 2. The Morgan fingerprint density at radius 3 is 2.64 bits per heavy atom. The summed E-state index contributed by atoms with van der Waals surface area (Å²) in [5.41, 5.74) is -0.712. The molecule has 0 spiro atoms. The summed E-state index contributed by atoms with van der Waals surface area (Å²) < 4.78 is 31.9. The molecule has 0 aromatic heterocycles. The molecule has 3 rings (SSSR count). The Morgan fingerprint density at radius 1 is 1.32 bits per heavy atom.